The molecule has 1 N–H and O–H groups in total. The van der Waals surface area contributed by atoms with Crippen molar-refractivity contribution < 1.29 is 4.79 Å². The van der Waals surface area contributed by atoms with E-state index < -0.39 is 15.8 Å². The number of nitrogens with one attached hydrogen (secondary N) is 1. The van der Waals surface area contributed by atoms with Gasteiger partial charge in [0.05, 0.1) is 0 Å². The van der Waals surface area contributed by atoms with Crippen LogP contribution in [0.1, 0.15) is 18.1 Å². The summed E-state index contributed by atoms with van der Waals surface area (Å²) < 4.78 is 0. The van der Waals surface area contributed by atoms with E-state index in [-0.39, 0.29) is 5.91 Å². The molecule has 5 rings (SSSR count). The van der Waals surface area contributed by atoms with Gasteiger partial charge in [0.25, 0.3) is 0 Å². The molecule has 0 aromatic heterocycles. The fraction of sp³-hybridized carbons (Fsp3) is 0.0882. The van der Waals surface area contributed by atoms with Gasteiger partial charge in [0.2, 0.25) is 5.91 Å². The van der Waals surface area contributed by atoms with Gasteiger partial charge in [-0.2, -0.15) is 0 Å². The predicted octanol–water partition coefficient (Wildman–Crippen LogP) is 6.91. The Labute approximate surface area is 228 Å². The van der Waals surface area contributed by atoms with Gasteiger partial charge in [0.1, 0.15) is 0 Å². The van der Waals surface area contributed by atoms with Gasteiger partial charge in [-0.3, -0.25) is 4.79 Å². The number of hydrogen-bond donors (Lipinski definition) is 1. The van der Waals surface area contributed by atoms with Gasteiger partial charge < -0.3 is 5.32 Å². The molecule has 38 heavy (non-hydrogen) atoms. The van der Waals surface area contributed by atoms with Crippen LogP contribution in [0.25, 0.3) is 0 Å². The van der Waals surface area contributed by atoms with Crippen molar-refractivity contribution in [1.29, 1.82) is 0 Å². The van der Waals surface area contributed by atoms with Gasteiger partial charge in [0.15, 0.2) is 0 Å². The first-order chi connectivity index (χ1) is 18.7. The molecule has 0 aliphatic rings. The Hall–Kier alpha value is -3.57. The number of carbonyl (C=O) groups excluding carboxylic acids is 1. The summed E-state index contributed by atoms with van der Waals surface area (Å²) in [5, 5.41) is 8.50. The number of anilines is 1. The Bertz CT molecular complexity index is 1280. The largest absolute Gasteiger partial charge is 0.326 e. The van der Waals surface area contributed by atoms with Crippen molar-refractivity contribution in [2.24, 2.45) is 0 Å². The average Bonchev–Trinajstić information content (AvgIpc) is 2.96. The van der Waals surface area contributed by atoms with Crippen LogP contribution >= 0.6 is 15.8 Å². The number of carbonyl (C=O) groups is 1. The Morgan fingerprint density at radius 2 is 0.842 bits per heavy atom. The zero-order valence-electron chi connectivity index (χ0n) is 21.5. The third kappa shape index (κ3) is 6.84. The second-order valence-corrected chi connectivity index (χ2v) is 13.6. The third-order valence-electron chi connectivity index (χ3n) is 6.33. The highest BCUT2D eigenvalue weighted by Gasteiger charge is 2.18. The second kappa shape index (κ2) is 12.8. The summed E-state index contributed by atoms with van der Waals surface area (Å²) in [5.74, 6) is -0.0464. The van der Waals surface area contributed by atoms with Crippen molar-refractivity contribution in [2.45, 2.75) is 19.2 Å². The van der Waals surface area contributed by atoms with Crippen LogP contribution in [-0.2, 0) is 17.1 Å². The monoisotopic (exact) mass is 531 g/mol. The Balaban J connectivity index is 1.53. The van der Waals surface area contributed by atoms with E-state index in [4.69, 9.17) is 0 Å². The van der Waals surface area contributed by atoms with E-state index in [1.165, 1.54) is 32.3 Å². The Morgan fingerprint density at radius 1 is 0.526 bits per heavy atom. The molecule has 0 bridgehead atoms. The average molecular weight is 532 g/mol. The quantitative estimate of drug-likeness (QED) is 0.206. The maximum absolute atomic E-state index is 12.1. The molecule has 188 valence electrons. The van der Waals surface area contributed by atoms with Crippen molar-refractivity contribution in [3.63, 3.8) is 0 Å². The molecule has 0 aliphatic carbocycles. The van der Waals surface area contributed by atoms with Crippen LogP contribution in [-0.4, -0.2) is 5.91 Å². The maximum atomic E-state index is 12.1. The lowest BCUT2D eigenvalue weighted by atomic mass is 10.1. The van der Waals surface area contributed by atoms with Crippen molar-refractivity contribution in [2.75, 3.05) is 5.32 Å². The molecule has 0 spiro atoms. The summed E-state index contributed by atoms with van der Waals surface area (Å²) in [7, 11) is -1.18. The molecule has 0 heterocycles. The normalized spacial score (nSPS) is 11.0. The first-order valence-corrected chi connectivity index (χ1v) is 15.9. The van der Waals surface area contributed by atoms with Crippen molar-refractivity contribution >= 4 is 48.7 Å². The van der Waals surface area contributed by atoms with E-state index >= 15 is 0 Å². The summed E-state index contributed by atoms with van der Waals surface area (Å²) in [5.41, 5.74) is 3.37. The number of benzene rings is 5. The molecule has 0 radical (unpaired) electrons. The predicted molar refractivity (Wildman–Crippen MR) is 166 cm³/mol. The fourth-order valence-corrected chi connectivity index (χ4v) is 9.23. The van der Waals surface area contributed by atoms with Crippen LogP contribution in [0, 0.1) is 0 Å². The molecule has 0 fully saturated rings. The highest BCUT2D eigenvalue weighted by molar-refractivity contribution is 7.72. The molecular formula is C34H31NOP2. The van der Waals surface area contributed by atoms with Gasteiger partial charge in [-0.25, -0.2) is 0 Å². The topological polar surface area (TPSA) is 29.1 Å². The molecule has 5 aromatic rings. The molecule has 0 saturated heterocycles. The molecule has 0 aliphatic heterocycles. The van der Waals surface area contributed by atoms with E-state index in [1.54, 1.807) is 6.92 Å². The fourth-order valence-electron chi connectivity index (χ4n) is 4.68. The van der Waals surface area contributed by atoms with E-state index in [2.05, 4.69) is 145 Å². The summed E-state index contributed by atoms with van der Waals surface area (Å²) in [4.78, 5) is 12.1. The van der Waals surface area contributed by atoms with Gasteiger partial charge in [-0.15, -0.1) is 0 Å². The minimum Gasteiger partial charge on any atom is -0.326 e. The Kier molecular flexibility index (Phi) is 8.77. The van der Waals surface area contributed by atoms with Crippen LogP contribution in [0.3, 0.4) is 0 Å². The van der Waals surface area contributed by atoms with Crippen molar-refractivity contribution in [3.8, 4) is 0 Å². The van der Waals surface area contributed by atoms with Crippen LogP contribution in [0.4, 0.5) is 5.69 Å². The molecule has 2 nitrogen and oxygen atoms in total. The first kappa shape index (κ1) is 26.1. The second-order valence-electron chi connectivity index (χ2n) is 9.23. The van der Waals surface area contributed by atoms with E-state index in [9.17, 15) is 4.79 Å². The van der Waals surface area contributed by atoms with E-state index in [0.29, 0.717) is 0 Å². The maximum Gasteiger partial charge on any atom is 0.221 e. The molecule has 1 amide bonds. The van der Waals surface area contributed by atoms with E-state index in [1.807, 2.05) is 0 Å². The Morgan fingerprint density at radius 3 is 1.13 bits per heavy atom. The highest BCUT2D eigenvalue weighted by atomic mass is 31.1. The van der Waals surface area contributed by atoms with Gasteiger partial charge in [0, 0.05) is 24.9 Å². The minimum absolute atomic E-state index is 0.0464. The minimum atomic E-state index is -0.588. The van der Waals surface area contributed by atoms with Crippen LogP contribution in [0.2, 0.25) is 0 Å². The standard InChI is InChI=1S/C34H31NOP2/c1-27(36)35-30-23-28(25-37(31-14-6-2-7-15-31)32-16-8-3-9-17-32)22-29(24-30)26-38(33-18-10-4-11-19-33)34-20-12-5-13-21-34/h2-24H,25-26H2,1H3,(H,35,36). The highest BCUT2D eigenvalue weighted by Crippen LogP contribution is 2.41. The van der Waals surface area contributed by atoms with Gasteiger partial charge in [-0.05, 0) is 60.3 Å². The molecule has 4 heteroatoms. The molecule has 0 saturated carbocycles. The number of rotatable bonds is 9. The van der Waals surface area contributed by atoms with Crippen LogP contribution in [0.5, 0.6) is 0 Å². The lowest BCUT2D eigenvalue weighted by molar-refractivity contribution is -0.114. The van der Waals surface area contributed by atoms with Crippen molar-refractivity contribution in [3.05, 3.63) is 151 Å². The van der Waals surface area contributed by atoms with Crippen LogP contribution < -0.4 is 26.5 Å². The lowest BCUT2D eigenvalue weighted by Crippen LogP contribution is -2.14. The lowest BCUT2D eigenvalue weighted by Gasteiger charge is -2.22. The zero-order valence-corrected chi connectivity index (χ0v) is 23.3. The SMILES string of the molecule is CC(=O)Nc1cc(CP(c2ccccc2)c2ccccc2)cc(CP(c2ccccc2)c2ccccc2)c1. The van der Waals surface area contributed by atoms with Crippen molar-refractivity contribution in [1.82, 2.24) is 0 Å². The molecule has 0 unspecified atom stereocenters. The number of hydrogen-bond acceptors (Lipinski definition) is 1. The van der Waals surface area contributed by atoms with Crippen LogP contribution in [0.15, 0.2) is 140 Å². The first-order valence-electron chi connectivity index (χ1n) is 12.8. The van der Waals surface area contributed by atoms with Gasteiger partial charge >= 0.3 is 0 Å². The summed E-state index contributed by atoms with van der Waals surface area (Å²) >= 11 is 0. The third-order valence-corrected chi connectivity index (χ3v) is 11.4. The molecular weight excluding hydrogens is 500 g/mol. The van der Waals surface area contributed by atoms with E-state index in [0.717, 1.165) is 18.0 Å². The number of amides is 1. The summed E-state index contributed by atoms with van der Waals surface area (Å²) in [6.07, 6.45) is 1.83. The summed E-state index contributed by atoms with van der Waals surface area (Å²) in [6.45, 7) is 1.58. The molecule has 5 aromatic carbocycles. The zero-order chi connectivity index (χ0) is 26.2. The summed E-state index contributed by atoms with van der Waals surface area (Å²) in [6, 6.07) is 49.9. The molecule has 0 atom stereocenters. The van der Waals surface area contributed by atoms with Gasteiger partial charge in [-0.1, -0.05) is 127 Å². The smallest absolute Gasteiger partial charge is 0.221 e.